The molecule has 0 unspecified atom stereocenters. The van der Waals surface area contributed by atoms with Crippen molar-refractivity contribution in [3.05, 3.63) is 65.9 Å². The molecule has 0 N–H and O–H groups in total. The normalized spacial score (nSPS) is 11.8. The zero-order chi connectivity index (χ0) is 17.5. The van der Waals surface area contributed by atoms with E-state index in [9.17, 15) is 0 Å². The molecule has 0 bridgehead atoms. The summed E-state index contributed by atoms with van der Waals surface area (Å²) in [7, 11) is 2.10. The number of nitrogens with zero attached hydrogens (tertiary/aromatic N) is 3. The number of rotatable bonds is 2. The van der Waals surface area contributed by atoms with Crippen LogP contribution in [0.4, 0.5) is 0 Å². The Morgan fingerprint density at radius 2 is 1.83 bits per heavy atom. The van der Waals surface area contributed by atoms with Crippen molar-refractivity contribution >= 4 is 0 Å². The highest BCUT2D eigenvalue weighted by Crippen LogP contribution is 2.33. The van der Waals surface area contributed by atoms with Crippen LogP contribution < -0.4 is 4.57 Å². The van der Waals surface area contributed by atoms with Gasteiger partial charge in [0, 0.05) is 43.1 Å². The first-order chi connectivity index (χ1) is 11.3. The van der Waals surface area contributed by atoms with Gasteiger partial charge in [-0.05, 0) is 42.2 Å². The fourth-order valence-electron chi connectivity index (χ4n) is 3.09. The van der Waals surface area contributed by atoms with Crippen LogP contribution in [0.15, 0.2) is 48.9 Å². The predicted octanol–water partition coefficient (Wildman–Crippen LogP) is 4.28. The quantitative estimate of drug-likeness (QED) is 0.646. The molecule has 0 aliphatic rings. The molecule has 3 heteroatoms. The average molecular weight is 320 g/mol. The Kier molecular flexibility index (Phi) is 4.04. The topological polar surface area (TPSA) is 21.7 Å². The second-order valence-electron chi connectivity index (χ2n) is 7.46. The SMILES string of the molecule is Cc1c(-c2cccn2C)cc(C(C)(C)C)cc1-[n+]1cccnc1C. The Balaban J connectivity index is 2.34. The Labute approximate surface area is 144 Å². The molecule has 0 fully saturated rings. The molecular weight excluding hydrogens is 294 g/mol. The van der Waals surface area contributed by atoms with Crippen LogP contribution in [0.5, 0.6) is 0 Å². The average Bonchev–Trinajstić information content (AvgIpc) is 2.93. The molecule has 3 aromatic rings. The van der Waals surface area contributed by atoms with Crippen LogP contribution in [0.3, 0.4) is 0 Å². The standard InChI is InChI=1S/C21H26N3/c1-15-18(19-9-7-11-23(19)6)13-17(21(3,4)5)14-20(15)24-12-8-10-22-16(24)2/h7-14H,1-6H3/q+1. The Bertz CT molecular complexity index is 882. The third kappa shape index (κ3) is 2.86. The van der Waals surface area contributed by atoms with Crippen molar-refractivity contribution in [2.24, 2.45) is 7.05 Å². The third-order valence-electron chi connectivity index (χ3n) is 4.66. The predicted molar refractivity (Wildman–Crippen MR) is 98.4 cm³/mol. The summed E-state index contributed by atoms with van der Waals surface area (Å²) in [6.45, 7) is 11.0. The third-order valence-corrected chi connectivity index (χ3v) is 4.66. The minimum atomic E-state index is 0.0824. The van der Waals surface area contributed by atoms with Gasteiger partial charge >= 0.3 is 0 Å². The van der Waals surface area contributed by atoms with Gasteiger partial charge in [0.2, 0.25) is 0 Å². The first kappa shape index (κ1) is 16.4. The fraction of sp³-hybridized carbons (Fsp3) is 0.333. The highest BCUT2D eigenvalue weighted by atomic mass is 15.0. The van der Waals surface area contributed by atoms with Crippen molar-refractivity contribution in [3.63, 3.8) is 0 Å². The van der Waals surface area contributed by atoms with Crippen molar-refractivity contribution in [2.45, 2.75) is 40.0 Å². The molecule has 0 aliphatic heterocycles. The van der Waals surface area contributed by atoms with E-state index in [4.69, 9.17) is 0 Å². The zero-order valence-corrected chi connectivity index (χ0v) is 15.5. The molecule has 0 atom stereocenters. The maximum Gasteiger partial charge on any atom is 0.300 e. The summed E-state index contributed by atoms with van der Waals surface area (Å²) in [4.78, 5) is 4.46. The van der Waals surface area contributed by atoms with E-state index >= 15 is 0 Å². The number of benzene rings is 1. The van der Waals surface area contributed by atoms with Gasteiger partial charge < -0.3 is 4.57 Å². The van der Waals surface area contributed by atoms with Gasteiger partial charge in [0.05, 0.1) is 0 Å². The minimum absolute atomic E-state index is 0.0824. The van der Waals surface area contributed by atoms with E-state index in [1.54, 1.807) is 0 Å². The van der Waals surface area contributed by atoms with Crippen molar-refractivity contribution in [2.75, 3.05) is 0 Å². The lowest BCUT2D eigenvalue weighted by atomic mass is 9.84. The smallest absolute Gasteiger partial charge is 0.300 e. The van der Waals surface area contributed by atoms with Gasteiger partial charge in [-0.25, -0.2) is 4.57 Å². The molecule has 0 spiro atoms. The first-order valence-corrected chi connectivity index (χ1v) is 8.39. The summed E-state index contributed by atoms with van der Waals surface area (Å²) in [5.41, 5.74) is 6.40. The molecule has 1 aromatic carbocycles. The van der Waals surface area contributed by atoms with Crippen molar-refractivity contribution in [1.29, 1.82) is 0 Å². The van der Waals surface area contributed by atoms with Gasteiger partial charge in [-0.1, -0.05) is 25.8 Å². The summed E-state index contributed by atoms with van der Waals surface area (Å²) >= 11 is 0. The fourth-order valence-corrected chi connectivity index (χ4v) is 3.09. The van der Waals surface area contributed by atoms with Gasteiger partial charge in [-0.15, -0.1) is 0 Å². The zero-order valence-electron chi connectivity index (χ0n) is 15.5. The molecule has 0 aliphatic carbocycles. The lowest BCUT2D eigenvalue weighted by Gasteiger charge is -2.22. The lowest BCUT2D eigenvalue weighted by molar-refractivity contribution is -0.606. The van der Waals surface area contributed by atoms with E-state index in [-0.39, 0.29) is 5.41 Å². The van der Waals surface area contributed by atoms with Crippen LogP contribution in [0.2, 0.25) is 0 Å². The van der Waals surface area contributed by atoms with Crippen LogP contribution >= 0.6 is 0 Å². The van der Waals surface area contributed by atoms with Crippen molar-refractivity contribution in [1.82, 2.24) is 9.55 Å². The molecule has 2 aromatic heterocycles. The summed E-state index contributed by atoms with van der Waals surface area (Å²) < 4.78 is 4.36. The maximum atomic E-state index is 4.46. The van der Waals surface area contributed by atoms with Gasteiger partial charge in [-0.3, -0.25) is 0 Å². The molecule has 2 heterocycles. The van der Waals surface area contributed by atoms with Gasteiger partial charge in [0.1, 0.15) is 18.1 Å². The van der Waals surface area contributed by atoms with Crippen LogP contribution in [-0.4, -0.2) is 9.55 Å². The molecule has 124 valence electrons. The van der Waals surface area contributed by atoms with Gasteiger partial charge in [0.15, 0.2) is 0 Å². The van der Waals surface area contributed by atoms with E-state index < -0.39 is 0 Å². The molecule has 24 heavy (non-hydrogen) atoms. The summed E-state index contributed by atoms with van der Waals surface area (Å²) in [6, 6.07) is 10.9. The maximum absolute atomic E-state index is 4.46. The van der Waals surface area contributed by atoms with E-state index in [1.165, 1.54) is 28.1 Å². The van der Waals surface area contributed by atoms with Gasteiger partial charge in [0.25, 0.3) is 5.82 Å². The molecule has 3 rings (SSSR count). The minimum Gasteiger partial charge on any atom is -0.351 e. The molecule has 0 amide bonds. The first-order valence-electron chi connectivity index (χ1n) is 8.39. The van der Waals surface area contributed by atoms with Crippen LogP contribution in [0.1, 0.15) is 37.7 Å². The molecular formula is C21H26N3+. The highest BCUT2D eigenvalue weighted by molar-refractivity contribution is 5.69. The molecule has 0 saturated carbocycles. The Hall–Kier alpha value is -2.42. The van der Waals surface area contributed by atoms with Crippen molar-refractivity contribution < 1.29 is 4.57 Å². The highest BCUT2D eigenvalue weighted by Gasteiger charge is 2.22. The number of hydrogen-bond acceptors (Lipinski definition) is 1. The Morgan fingerprint density at radius 3 is 2.42 bits per heavy atom. The second kappa shape index (κ2) is 5.90. The largest absolute Gasteiger partial charge is 0.351 e. The number of aryl methyl sites for hydroxylation is 2. The summed E-state index contributed by atoms with van der Waals surface area (Å²) in [5, 5.41) is 0. The van der Waals surface area contributed by atoms with Crippen molar-refractivity contribution in [3.8, 4) is 16.9 Å². The van der Waals surface area contributed by atoms with Gasteiger partial charge in [-0.2, -0.15) is 0 Å². The number of hydrogen-bond donors (Lipinski definition) is 0. The van der Waals surface area contributed by atoms with E-state index in [2.05, 4.69) is 85.5 Å². The number of aromatic nitrogens is 3. The van der Waals surface area contributed by atoms with Crippen LogP contribution in [-0.2, 0) is 12.5 Å². The second-order valence-corrected chi connectivity index (χ2v) is 7.46. The van der Waals surface area contributed by atoms with E-state index in [0.29, 0.717) is 0 Å². The molecule has 0 radical (unpaired) electrons. The summed E-state index contributed by atoms with van der Waals surface area (Å²) in [6.07, 6.45) is 6.03. The molecule has 3 nitrogen and oxygen atoms in total. The molecule has 0 saturated heterocycles. The summed E-state index contributed by atoms with van der Waals surface area (Å²) in [5.74, 6) is 0.990. The van der Waals surface area contributed by atoms with Crippen LogP contribution in [0.25, 0.3) is 16.9 Å². The van der Waals surface area contributed by atoms with E-state index in [1.807, 2.05) is 19.2 Å². The Morgan fingerprint density at radius 1 is 1.08 bits per heavy atom. The van der Waals surface area contributed by atoms with Crippen LogP contribution in [0, 0.1) is 13.8 Å². The monoisotopic (exact) mass is 320 g/mol. The lowest BCUT2D eigenvalue weighted by Crippen LogP contribution is -2.36. The van der Waals surface area contributed by atoms with E-state index in [0.717, 1.165) is 5.82 Å².